The topological polar surface area (TPSA) is 99.8 Å². The number of rotatable bonds is 2. The summed E-state index contributed by atoms with van der Waals surface area (Å²) >= 11 is 5.89. The predicted octanol–water partition coefficient (Wildman–Crippen LogP) is 0.602. The van der Waals surface area contributed by atoms with E-state index in [9.17, 15) is 4.79 Å². The van der Waals surface area contributed by atoms with Gasteiger partial charge in [0.15, 0.2) is 0 Å². The molecule has 0 aliphatic heterocycles. The van der Waals surface area contributed by atoms with Gasteiger partial charge in [0.1, 0.15) is 6.33 Å². The van der Waals surface area contributed by atoms with Gasteiger partial charge in [-0.05, 0) is 18.2 Å². The number of benzene rings is 1. The maximum absolute atomic E-state index is 11.0. The van der Waals surface area contributed by atoms with Gasteiger partial charge in [-0.25, -0.2) is 9.67 Å². The molecule has 82 valence electrons. The molecule has 1 aromatic heterocycles. The monoisotopic (exact) mass is 237 g/mol. The largest absolute Gasteiger partial charge is 0.366 e. The number of carbonyl (C=O) groups excluding carboxylic acids is 1. The third-order valence-electron chi connectivity index (χ3n) is 1.99. The zero-order valence-electron chi connectivity index (χ0n) is 8.09. The third kappa shape index (κ3) is 1.82. The number of aromatic nitrogens is 3. The average Bonchev–Trinajstić information content (AvgIpc) is 2.64. The molecule has 7 heteroatoms. The fourth-order valence-electron chi connectivity index (χ4n) is 1.25. The molecule has 0 saturated carbocycles. The average molecular weight is 238 g/mol. The van der Waals surface area contributed by atoms with Crippen molar-refractivity contribution in [3.63, 3.8) is 0 Å². The van der Waals surface area contributed by atoms with Crippen molar-refractivity contribution < 1.29 is 4.79 Å². The number of hydrogen-bond acceptors (Lipinski definition) is 4. The van der Waals surface area contributed by atoms with Crippen LogP contribution in [0.5, 0.6) is 0 Å². The Balaban J connectivity index is 2.45. The van der Waals surface area contributed by atoms with Crippen LogP contribution in [-0.4, -0.2) is 20.7 Å². The smallest absolute Gasteiger partial charge is 0.250 e. The first-order chi connectivity index (χ1) is 7.58. The summed E-state index contributed by atoms with van der Waals surface area (Å²) in [5.74, 6) is -0.412. The molecule has 0 aliphatic carbocycles. The second kappa shape index (κ2) is 3.82. The minimum Gasteiger partial charge on any atom is -0.366 e. The van der Waals surface area contributed by atoms with Crippen LogP contribution < -0.4 is 11.5 Å². The number of primary amides is 1. The van der Waals surface area contributed by atoms with E-state index in [2.05, 4.69) is 10.1 Å². The van der Waals surface area contributed by atoms with Gasteiger partial charge in [0, 0.05) is 0 Å². The summed E-state index contributed by atoms with van der Waals surface area (Å²) in [4.78, 5) is 14.7. The minimum absolute atomic E-state index is 0.162. The molecule has 0 saturated heterocycles. The summed E-state index contributed by atoms with van der Waals surface area (Å²) in [6.07, 6.45) is 1.45. The maximum Gasteiger partial charge on any atom is 0.250 e. The summed E-state index contributed by atoms with van der Waals surface area (Å²) in [5, 5.41) is 4.17. The molecular formula is C9H8ClN5O. The summed E-state index contributed by atoms with van der Waals surface area (Å²) in [6.45, 7) is 0. The van der Waals surface area contributed by atoms with Crippen molar-refractivity contribution in [1.29, 1.82) is 0 Å². The van der Waals surface area contributed by atoms with E-state index in [0.717, 1.165) is 0 Å². The van der Waals surface area contributed by atoms with E-state index in [4.69, 9.17) is 23.1 Å². The van der Waals surface area contributed by atoms with Crippen LogP contribution in [0.1, 0.15) is 10.4 Å². The minimum atomic E-state index is -0.574. The van der Waals surface area contributed by atoms with Crippen molar-refractivity contribution in [1.82, 2.24) is 14.8 Å². The highest BCUT2D eigenvalue weighted by molar-refractivity contribution is 6.34. The number of nitrogens with zero attached hydrogens (tertiary/aromatic N) is 3. The van der Waals surface area contributed by atoms with E-state index in [0.29, 0.717) is 5.69 Å². The van der Waals surface area contributed by atoms with Crippen LogP contribution in [0.25, 0.3) is 5.69 Å². The molecular weight excluding hydrogens is 230 g/mol. The highest BCUT2D eigenvalue weighted by Crippen LogP contribution is 2.19. The van der Waals surface area contributed by atoms with Gasteiger partial charge in [-0.2, -0.15) is 0 Å². The number of nitrogens with two attached hydrogens (primary N) is 2. The lowest BCUT2D eigenvalue weighted by atomic mass is 10.2. The Hall–Kier alpha value is -2.08. The molecule has 1 heterocycles. The van der Waals surface area contributed by atoms with Crippen molar-refractivity contribution in [3.05, 3.63) is 35.1 Å². The van der Waals surface area contributed by atoms with E-state index >= 15 is 0 Å². The van der Waals surface area contributed by atoms with Crippen molar-refractivity contribution in [2.24, 2.45) is 5.73 Å². The fourth-order valence-corrected chi connectivity index (χ4v) is 1.51. The van der Waals surface area contributed by atoms with Gasteiger partial charge < -0.3 is 11.5 Å². The molecule has 2 rings (SSSR count). The lowest BCUT2D eigenvalue weighted by Crippen LogP contribution is -2.11. The van der Waals surface area contributed by atoms with E-state index < -0.39 is 5.91 Å². The van der Waals surface area contributed by atoms with E-state index in [1.807, 2.05) is 0 Å². The first kappa shape index (κ1) is 10.4. The predicted molar refractivity (Wildman–Crippen MR) is 59.3 cm³/mol. The van der Waals surface area contributed by atoms with E-state index in [1.165, 1.54) is 17.1 Å². The van der Waals surface area contributed by atoms with Crippen LogP contribution in [0.15, 0.2) is 24.5 Å². The molecule has 0 spiro atoms. The van der Waals surface area contributed by atoms with Crippen LogP contribution in [0.4, 0.5) is 5.95 Å². The number of amides is 1. The zero-order chi connectivity index (χ0) is 11.7. The van der Waals surface area contributed by atoms with Crippen LogP contribution in [-0.2, 0) is 0 Å². The van der Waals surface area contributed by atoms with Crippen LogP contribution in [0, 0.1) is 0 Å². The summed E-state index contributed by atoms with van der Waals surface area (Å²) in [5.41, 5.74) is 11.4. The highest BCUT2D eigenvalue weighted by Gasteiger charge is 2.08. The molecule has 0 aliphatic rings. The fraction of sp³-hybridized carbons (Fsp3) is 0. The Morgan fingerprint density at radius 1 is 1.44 bits per heavy atom. The number of nitrogen functional groups attached to an aromatic ring is 1. The SMILES string of the molecule is NC(=O)c1ccc(-n2cnc(N)n2)cc1Cl. The second-order valence-corrected chi connectivity index (χ2v) is 3.48. The summed E-state index contributed by atoms with van der Waals surface area (Å²) < 4.78 is 1.45. The van der Waals surface area contributed by atoms with Gasteiger partial charge in [0.05, 0.1) is 16.3 Å². The highest BCUT2D eigenvalue weighted by atomic mass is 35.5. The Bertz CT molecular complexity index is 551. The molecule has 0 atom stereocenters. The Labute approximate surface area is 95.8 Å². The lowest BCUT2D eigenvalue weighted by Gasteiger charge is -2.03. The quantitative estimate of drug-likeness (QED) is 0.799. The molecule has 0 fully saturated rings. The van der Waals surface area contributed by atoms with Crippen molar-refractivity contribution in [2.75, 3.05) is 5.73 Å². The zero-order valence-corrected chi connectivity index (χ0v) is 8.85. The molecule has 16 heavy (non-hydrogen) atoms. The molecule has 4 N–H and O–H groups in total. The van der Waals surface area contributed by atoms with E-state index in [-0.39, 0.29) is 16.5 Å². The molecule has 1 aromatic carbocycles. The molecule has 0 bridgehead atoms. The molecule has 0 radical (unpaired) electrons. The first-order valence-corrected chi connectivity index (χ1v) is 4.72. The van der Waals surface area contributed by atoms with Crippen LogP contribution in [0.2, 0.25) is 5.02 Å². The maximum atomic E-state index is 11.0. The lowest BCUT2D eigenvalue weighted by molar-refractivity contribution is 0.100. The Morgan fingerprint density at radius 3 is 2.69 bits per heavy atom. The van der Waals surface area contributed by atoms with Gasteiger partial charge in [-0.1, -0.05) is 11.6 Å². The molecule has 6 nitrogen and oxygen atoms in total. The number of carbonyl (C=O) groups is 1. The second-order valence-electron chi connectivity index (χ2n) is 3.08. The number of anilines is 1. The molecule has 0 unspecified atom stereocenters. The number of hydrogen-bond donors (Lipinski definition) is 2. The summed E-state index contributed by atoms with van der Waals surface area (Å²) in [6, 6.07) is 4.74. The van der Waals surface area contributed by atoms with Crippen molar-refractivity contribution in [3.8, 4) is 5.69 Å². The van der Waals surface area contributed by atoms with Crippen molar-refractivity contribution >= 4 is 23.5 Å². The molecule has 1 amide bonds. The Kier molecular flexibility index (Phi) is 2.49. The van der Waals surface area contributed by atoms with Gasteiger partial charge in [-0.3, -0.25) is 4.79 Å². The molecule has 2 aromatic rings. The first-order valence-electron chi connectivity index (χ1n) is 4.35. The van der Waals surface area contributed by atoms with E-state index in [1.54, 1.807) is 12.1 Å². The number of halogens is 1. The van der Waals surface area contributed by atoms with Gasteiger partial charge in [0.2, 0.25) is 11.9 Å². The van der Waals surface area contributed by atoms with Crippen molar-refractivity contribution in [2.45, 2.75) is 0 Å². The van der Waals surface area contributed by atoms with Gasteiger partial charge >= 0.3 is 0 Å². The van der Waals surface area contributed by atoms with Crippen LogP contribution >= 0.6 is 11.6 Å². The summed E-state index contributed by atoms with van der Waals surface area (Å²) in [7, 11) is 0. The third-order valence-corrected chi connectivity index (χ3v) is 2.30. The normalized spacial score (nSPS) is 10.3. The van der Waals surface area contributed by atoms with Gasteiger partial charge in [-0.15, -0.1) is 5.10 Å². The van der Waals surface area contributed by atoms with Gasteiger partial charge in [0.25, 0.3) is 0 Å². The van der Waals surface area contributed by atoms with Crippen LogP contribution in [0.3, 0.4) is 0 Å². The Morgan fingerprint density at radius 2 is 2.19 bits per heavy atom. The standard InChI is InChI=1S/C9H8ClN5O/c10-7-3-5(1-2-6(7)8(11)16)15-4-13-9(12)14-15/h1-4H,(H2,11,16)(H2,12,14).